The third-order valence-electron chi connectivity index (χ3n) is 4.38. The van der Waals surface area contributed by atoms with Crippen molar-refractivity contribution in [3.63, 3.8) is 0 Å². The lowest BCUT2D eigenvalue weighted by Gasteiger charge is -2.34. The van der Waals surface area contributed by atoms with Crippen molar-refractivity contribution in [1.29, 1.82) is 0 Å². The van der Waals surface area contributed by atoms with Crippen molar-refractivity contribution < 1.29 is 5.11 Å². The Morgan fingerprint density at radius 1 is 1.21 bits per heavy atom. The molecule has 19 heavy (non-hydrogen) atoms. The van der Waals surface area contributed by atoms with E-state index in [4.69, 9.17) is 0 Å². The van der Waals surface area contributed by atoms with Crippen molar-refractivity contribution in [2.45, 2.75) is 38.7 Å². The van der Waals surface area contributed by atoms with Crippen LogP contribution in [-0.4, -0.2) is 36.2 Å². The summed E-state index contributed by atoms with van der Waals surface area (Å²) >= 11 is 0. The van der Waals surface area contributed by atoms with Gasteiger partial charge in [0.2, 0.25) is 0 Å². The molecule has 1 aromatic rings. The normalized spacial score (nSPS) is 27.7. The Balaban J connectivity index is 1.76. The van der Waals surface area contributed by atoms with Gasteiger partial charge in [-0.25, -0.2) is 0 Å². The van der Waals surface area contributed by atoms with E-state index in [-0.39, 0.29) is 6.10 Å². The molecule has 3 atom stereocenters. The van der Waals surface area contributed by atoms with E-state index in [1.54, 1.807) is 0 Å². The fraction of sp³-hybridized carbons (Fsp3) is 0.647. The lowest BCUT2D eigenvalue weighted by atomic mass is 9.80. The van der Waals surface area contributed by atoms with Crippen molar-refractivity contribution in [1.82, 2.24) is 4.90 Å². The molecule has 1 saturated carbocycles. The van der Waals surface area contributed by atoms with Crippen LogP contribution in [0, 0.1) is 11.8 Å². The second kappa shape index (κ2) is 7.06. The highest BCUT2D eigenvalue weighted by atomic mass is 16.3. The number of benzene rings is 1. The molecule has 0 aliphatic heterocycles. The summed E-state index contributed by atoms with van der Waals surface area (Å²) in [5.74, 6) is 1.24. The summed E-state index contributed by atoms with van der Waals surface area (Å²) in [7, 11) is 2.18. The van der Waals surface area contributed by atoms with Gasteiger partial charge in [-0.3, -0.25) is 0 Å². The van der Waals surface area contributed by atoms with Gasteiger partial charge in [-0.1, -0.05) is 37.3 Å². The van der Waals surface area contributed by atoms with E-state index in [9.17, 15) is 5.11 Å². The summed E-state index contributed by atoms with van der Waals surface area (Å²) in [5, 5.41) is 10.1. The molecule has 106 valence electrons. The monoisotopic (exact) mass is 261 g/mol. The molecular formula is C17H27NO. The molecule has 1 aliphatic carbocycles. The molecule has 1 N–H and O–H groups in total. The van der Waals surface area contributed by atoms with Crippen LogP contribution in [0.2, 0.25) is 0 Å². The highest BCUT2D eigenvalue weighted by molar-refractivity contribution is 5.14. The van der Waals surface area contributed by atoms with Crippen LogP contribution in [0.5, 0.6) is 0 Å². The fourth-order valence-corrected chi connectivity index (χ4v) is 3.14. The van der Waals surface area contributed by atoms with Gasteiger partial charge >= 0.3 is 0 Å². The Hall–Kier alpha value is -0.860. The lowest BCUT2D eigenvalue weighted by Crippen LogP contribution is -2.37. The van der Waals surface area contributed by atoms with Crippen molar-refractivity contribution in [2.75, 3.05) is 20.1 Å². The lowest BCUT2D eigenvalue weighted by molar-refractivity contribution is 0.0351. The first-order valence-electron chi connectivity index (χ1n) is 7.55. The zero-order valence-corrected chi connectivity index (χ0v) is 12.3. The summed E-state index contributed by atoms with van der Waals surface area (Å²) in [6.07, 6.45) is 4.35. The predicted molar refractivity (Wildman–Crippen MR) is 80.2 cm³/mol. The Bertz CT molecular complexity index is 365. The van der Waals surface area contributed by atoms with Crippen LogP contribution in [0.15, 0.2) is 30.3 Å². The molecular weight excluding hydrogens is 234 g/mol. The summed E-state index contributed by atoms with van der Waals surface area (Å²) in [6, 6.07) is 10.6. The molecule has 1 fully saturated rings. The van der Waals surface area contributed by atoms with E-state index in [2.05, 4.69) is 49.2 Å². The molecule has 0 amide bonds. The van der Waals surface area contributed by atoms with E-state index in [0.717, 1.165) is 31.8 Å². The maximum atomic E-state index is 10.1. The Morgan fingerprint density at radius 2 is 1.95 bits per heavy atom. The topological polar surface area (TPSA) is 23.5 Å². The zero-order valence-electron chi connectivity index (χ0n) is 12.3. The van der Waals surface area contributed by atoms with Crippen LogP contribution in [-0.2, 0) is 6.42 Å². The van der Waals surface area contributed by atoms with Crippen molar-refractivity contribution in [3.05, 3.63) is 35.9 Å². The Labute approximate surface area is 117 Å². The number of hydrogen-bond acceptors (Lipinski definition) is 2. The summed E-state index contributed by atoms with van der Waals surface area (Å²) < 4.78 is 0. The molecule has 2 heteroatoms. The van der Waals surface area contributed by atoms with Gasteiger partial charge in [0, 0.05) is 13.1 Å². The van der Waals surface area contributed by atoms with Gasteiger partial charge in [0.15, 0.2) is 0 Å². The van der Waals surface area contributed by atoms with Gasteiger partial charge in [0.1, 0.15) is 0 Å². The Kier molecular flexibility index (Phi) is 5.41. The van der Waals surface area contributed by atoms with Gasteiger partial charge in [-0.05, 0) is 50.1 Å². The standard InChI is InChI=1S/C17H27NO/c1-14-8-9-17(19)16(12-14)13-18(2)11-10-15-6-4-3-5-7-15/h3-7,14,16-17,19H,8-13H2,1-2H3. The number of aliphatic hydroxyl groups is 1. The SMILES string of the molecule is CC1CCC(O)C(CN(C)CCc2ccccc2)C1. The van der Waals surface area contributed by atoms with Gasteiger partial charge < -0.3 is 10.0 Å². The fourth-order valence-electron chi connectivity index (χ4n) is 3.14. The molecule has 3 unspecified atom stereocenters. The van der Waals surface area contributed by atoms with Crippen LogP contribution in [0.25, 0.3) is 0 Å². The summed E-state index contributed by atoms with van der Waals surface area (Å²) in [4.78, 5) is 2.37. The minimum absolute atomic E-state index is 0.0876. The molecule has 2 nitrogen and oxygen atoms in total. The quantitative estimate of drug-likeness (QED) is 0.881. The number of aliphatic hydroxyl groups excluding tert-OH is 1. The van der Waals surface area contributed by atoms with Gasteiger partial charge in [0.25, 0.3) is 0 Å². The molecule has 2 rings (SSSR count). The van der Waals surface area contributed by atoms with Crippen LogP contribution in [0.1, 0.15) is 31.7 Å². The molecule has 0 spiro atoms. The van der Waals surface area contributed by atoms with Crippen LogP contribution >= 0.6 is 0 Å². The molecule has 0 radical (unpaired) electrons. The minimum Gasteiger partial charge on any atom is -0.393 e. The number of rotatable bonds is 5. The third kappa shape index (κ3) is 4.63. The molecule has 0 saturated heterocycles. The second-order valence-corrected chi connectivity index (χ2v) is 6.24. The number of likely N-dealkylation sites (N-methyl/N-ethyl adjacent to an activating group) is 1. The number of hydrogen-bond donors (Lipinski definition) is 1. The summed E-state index contributed by atoms with van der Waals surface area (Å²) in [5.41, 5.74) is 1.40. The van der Waals surface area contributed by atoms with E-state index in [0.29, 0.717) is 5.92 Å². The number of nitrogens with zero attached hydrogens (tertiary/aromatic N) is 1. The van der Waals surface area contributed by atoms with E-state index < -0.39 is 0 Å². The summed E-state index contributed by atoms with van der Waals surface area (Å²) in [6.45, 7) is 4.41. The third-order valence-corrected chi connectivity index (χ3v) is 4.38. The Morgan fingerprint density at radius 3 is 2.68 bits per heavy atom. The molecule has 1 aliphatic rings. The average molecular weight is 261 g/mol. The maximum absolute atomic E-state index is 10.1. The van der Waals surface area contributed by atoms with Crippen molar-refractivity contribution in [3.8, 4) is 0 Å². The smallest absolute Gasteiger partial charge is 0.0580 e. The largest absolute Gasteiger partial charge is 0.393 e. The first-order chi connectivity index (χ1) is 9.15. The van der Waals surface area contributed by atoms with Crippen LogP contribution in [0.3, 0.4) is 0 Å². The van der Waals surface area contributed by atoms with Crippen LogP contribution < -0.4 is 0 Å². The second-order valence-electron chi connectivity index (χ2n) is 6.24. The molecule has 0 bridgehead atoms. The first kappa shape index (κ1) is 14.5. The van der Waals surface area contributed by atoms with Gasteiger partial charge in [0.05, 0.1) is 6.10 Å². The van der Waals surface area contributed by atoms with Crippen molar-refractivity contribution in [2.24, 2.45) is 11.8 Å². The maximum Gasteiger partial charge on any atom is 0.0580 e. The van der Waals surface area contributed by atoms with Crippen LogP contribution in [0.4, 0.5) is 0 Å². The van der Waals surface area contributed by atoms with Gasteiger partial charge in [-0.2, -0.15) is 0 Å². The van der Waals surface area contributed by atoms with E-state index >= 15 is 0 Å². The molecule has 0 heterocycles. The highest BCUT2D eigenvalue weighted by Crippen LogP contribution is 2.29. The first-order valence-corrected chi connectivity index (χ1v) is 7.55. The predicted octanol–water partition coefficient (Wildman–Crippen LogP) is 2.96. The minimum atomic E-state index is -0.0876. The average Bonchev–Trinajstić information content (AvgIpc) is 2.42. The molecule has 0 aromatic heterocycles. The zero-order chi connectivity index (χ0) is 13.7. The molecule has 1 aromatic carbocycles. The van der Waals surface area contributed by atoms with E-state index in [1.165, 1.54) is 18.4 Å². The van der Waals surface area contributed by atoms with E-state index in [1.807, 2.05) is 0 Å². The van der Waals surface area contributed by atoms with Crippen molar-refractivity contribution >= 4 is 0 Å². The highest BCUT2D eigenvalue weighted by Gasteiger charge is 2.27. The van der Waals surface area contributed by atoms with Gasteiger partial charge in [-0.15, -0.1) is 0 Å².